The lowest BCUT2D eigenvalue weighted by Crippen LogP contribution is -2.43. The molecule has 0 aliphatic carbocycles. The van der Waals surface area contributed by atoms with Crippen LogP contribution in [0.5, 0.6) is 0 Å². The van der Waals surface area contributed by atoms with Crippen molar-refractivity contribution in [1.82, 2.24) is 5.32 Å². The Morgan fingerprint density at radius 3 is 2.37 bits per heavy atom. The Morgan fingerprint density at radius 1 is 1.21 bits per heavy atom. The minimum absolute atomic E-state index is 0.0640. The third-order valence-electron chi connectivity index (χ3n) is 2.99. The van der Waals surface area contributed by atoms with Crippen LogP contribution in [0.1, 0.15) is 40.2 Å². The molecule has 0 heterocycles. The van der Waals surface area contributed by atoms with Gasteiger partial charge >= 0.3 is 0 Å². The molecule has 3 heteroatoms. The van der Waals surface area contributed by atoms with Crippen LogP contribution < -0.4 is 5.32 Å². The Balaban J connectivity index is 2.53. The SMILES string of the molecule is CC(C)C(CNC(C)(C)C)OCc1ccccc1F. The first kappa shape index (κ1) is 16.1. The number of ether oxygens (including phenoxy) is 1. The second kappa shape index (κ2) is 7.01. The van der Waals surface area contributed by atoms with E-state index in [0.29, 0.717) is 18.1 Å². The minimum atomic E-state index is -0.200. The molecule has 1 aromatic rings. The third kappa shape index (κ3) is 6.17. The summed E-state index contributed by atoms with van der Waals surface area (Å²) in [6.07, 6.45) is 0.0823. The standard InChI is InChI=1S/C16H26FNO/c1-12(2)15(10-18-16(3,4)5)19-11-13-8-6-7-9-14(13)17/h6-9,12,15,18H,10-11H2,1-5H3. The lowest BCUT2D eigenvalue weighted by atomic mass is 10.0. The summed E-state index contributed by atoms with van der Waals surface area (Å²) >= 11 is 0. The van der Waals surface area contributed by atoms with Gasteiger partial charge in [0.15, 0.2) is 0 Å². The zero-order chi connectivity index (χ0) is 14.5. The Morgan fingerprint density at radius 2 is 1.84 bits per heavy atom. The fourth-order valence-corrected chi connectivity index (χ4v) is 1.71. The lowest BCUT2D eigenvalue weighted by Gasteiger charge is -2.27. The van der Waals surface area contributed by atoms with Gasteiger partial charge in [0.25, 0.3) is 0 Å². The van der Waals surface area contributed by atoms with Gasteiger partial charge < -0.3 is 10.1 Å². The first-order chi connectivity index (χ1) is 8.79. The number of halogens is 1. The topological polar surface area (TPSA) is 21.3 Å². The molecule has 0 amide bonds. The van der Waals surface area contributed by atoms with Gasteiger partial charge in [-0.1, -0.05) is 32.0 Å². The van der Waals surface area contributed by atoms with E-state index in [-0.39, 0.29) is 17.5 Å². The molecule has 108 valence electrons. The molecule has 2 nitrogen and oxygen atoms in total. The molecule has 1 unspecified atom stereocenters. The van der Waals surface area contributed by atoms with Gasteiger partial charge in [-0.15, -0.1) is 0 Å². The normalized spacial score (nSPS) is 13.8. The van der Waals surface area contributed by atoms with Gasteiger partial charge in [0.2, 0.25) is 0 Å². The molecule has 1 atom stereocenters. The highest BCUT2D eigenvalue weighted by atomic mass is 19.1. The Labute approximate surface area is 116 Å². The Hall–Kier alpha value is -0.930. The zero-order valence-corrected chi connectivity index (χ0v) is 12.7. The number of rotatable bonds is 6. The van der Waals surface area contributed by atoms with Gasteiger partial charge in [-0.3, -0.25) is 0 Å². The minimum Gasteiger partial charge on any atom is -0.372 e. The Kier molecular flexibility index (Phi) is 5.95. The van der Waals surface area contributed by atoms with Crippen molar-refractivity contribution in [1.29, 1.82) is 0 Å². The van der Waals surface area contributed by atoms with Crippen molar-refractivity contribution in [3.05, 3.63) is 35.6 Å². The summed E-state index contributed by atoms with van der Waals surface area (Å²) in [4.78, 5) is 0. The summed E-state index contributed by atoms with van der Waals surface area (Å²) < 4.78 is 19.4. The third-order valence-corrected chi connectivity index (χ3v) is 2.99. The van der Waals surface area contributed by atoms with Crippen LogP contribution in [-0.4, -0.2) is 18.2 Å². The molecule has 1 rings (SSSR count). The molecule has 0 radical (unpaired) electrons. The van der Waals surface area contributed by atoms with Crippen molar-refractivity contribution in [2.75, 3.05) is 6.54 Å². The average Bonchev–Trinajstić information content (AvgIpc) is 2.29. The van der Waals surface area contributed by atoms with Crippen LogP contribution in [0, 0.1) is 11.7 Å². The van der Waals surface area contributed by atoms with Crippen LogP contribution in [-0.2, 0) is 11.3 Å². The van der Waals surface area contributed by atoms with Crippen molar-refractivity contribution < 1.29 is 9.13 Å². The molecule has 0 fully saturated rings. The summed E-state index contributed by atoms with van der Waals surface area (Å²) in [6, 6.07) is 6.76. The molecule has 0 saturated heterocycles. The fourth-order valence-electron chi connectivity index (χ4n) is 1.71. The molecule has 0 aliphatic heterocycles. The van der Waals surface area contributed by atoms with Crippen molar-refractivity contribution in [3.63, 3.8) is 0 Å². The van der Waals surface area contributed by atoms with Crippen molar-refractivity contribution >= 4 is 0 Å². The van der Waals surface area contributed by atoms with E-state index in [1.54, 1.807) is 12.1 Å². The smallest absolute Gasteiger partial charge is 0.128 e. The maximum absolute atomic E-state index is 13.5. The van der Waals surface area contributed by atoms with E-state index < -0.39 is 0 Å². The molecule has 0 bridgehead atoms. The molecule has 19 heavy (non-hydrogen) atoms. The number of hydrogen-bond acceptors (Lipinski definition) is 2. The first-order valence-corrected chi connectivity index (χ1v) is 6.89. The second-order valence-electron chi connectivity index (χ2n) is 6.32. The number of nitrogens with one attached hydrogen (secondary N) is 1. The van der Waals surface area contributed by atoms with E-state index in [4.69, 9.17) is 4.74 Å². The molecule has 0 aromatic heterocycles. The molecule has 0 aliphatic rings. The van der Waals surface area contributed by atoms with Crippen LogP contribution >= 0.6 is 0 Å². The average molecular weight is 267 g/mol. The highest BCUT2D eigenvalue weighted by Crippen LogP contribution is 2.13. The predicted octanol–water partition coefficient (Wildman–Crippen LogP) is 3.76. The highest BCUT2D eigenvalue weighted by molar-refractivity contribution is 5.16. The van der Waals surface area contributed by atoms with Gasteiger partial charge in [0.05, 0.1) is 12.7 Å². The summed E-state index contributed by atoms with van der Waals surface area (Å²) in [5, 5.41) is 3.44. The van der Waals surface area contributed by atoms with Gasteiger partial charge in [0, 0.05) is 17.6 Å². The molecule has 1 N–H and O–H groups in total. The van der Waals surface area contributed by atoms with Crippen molar-refractivity contribution in [2.24, 2.45) is 5.92 Å². The van der Waals surface area contributed by atoms with Crippen molar-refractivity contribution in [2.45, 2.75) is 52.9 Å². The van der Waals surface area contributed by atoms with Crippen LogP contribution in [0.25, 0.3) is 0 Å². The summed E-state index contributed by atoms with van der Waals surface area (Å²) in [5.41, 5.74) is 0.679. The quantitative estimate of drug-likeness (QED) is 0.847. The second-order valence-corrected chi connectivity index (χ2v) is 6.32. The maximum atomic E-state index is 13.5. The molecule has 1 aromatic carbocycles. The first-order valence-electron chi connectivity index (χ1n) is 6.89. The van der Waals surface area contributed by atoms with E-state index in [0.717, 1.165) is 6.54 Å². The van der Waals surface area contributed by atoms with Crippen LogP contribution in [0.2, 0.25) is 0 Å². The van der Waals surface area contributed by atoms with E-state index in [1.165, 1.54) is 6.07 Å². The van der Waals surface area contributed by atoms with Gasteiger partial charge in [0.1, 0.15) is 5.82 Å². The fraction of sp³-hybridized carbons (Fsp3) is 0.625. The lowest BCUT2D eigenvalue weighted by molar-refractivity contribution is 0.00667. The van der Waals surface area contributed by atoms with E-state index in [1.807, 2.05) is 6.07 Å². The van der Waals surface area contributed by atoms with E-state index in [9.17, 15) is 4.39 Å². The number of benzene rings is 1. The van der Waals surface area contributed by atoms with Gasteiger partial charge in [-0.2, -0.15) is 0 Å². The van der Waals surface area contributed by atoms with E-state index >= 15 is 0 Å². The van der Waals surface area contributed by atoms with E-state index in [2.05, 4.69) is 39.9 Å². The highest BCUT2D eigenvalue weighted by Gasteiger charge is 2.18. The zero-order valence-electron chi connectivity index (χ0n) is 12.7. The number of hydrogen-bond donors (Lipinski definition) is 1. The summed E-state index contributed by atoms with van der Waals surface area (Å²) in [7, 11) is 0. The largest absolute Gasteiger partial charge is 0.372 e. The summed E-state index contributed by atoms with van der Waals surface area (Å²) in [5.74, 6) is 0.190. The van der Waals surface area contributed by atoms with Crippen LogP contribution in [0.15, 0.2) is 24.3 Å². The van der Waals surface area contributed by atoms with Crippen molar-refractivity contribution in [3.8, 4) is 0 Å². The molecular weight excluding hydrogens is 241 g/mol. The molecular formula is C16H26FNO. The van der Waals surface area contributed by atoms with Crippen LogP contribution in [0.3, 0.4) is 0 Å². The predicted molar refractivity (Wildman–Crippen MR) is 77.6 cm³/mol. The van der Waals surface area contributed by atoms with Gasteiger partial charge in [-0.05, 0) is 32.8 Å². The monoisotopic (exact) mass is 267 g/mol. The maximum Gasteiger partial charge on any atom is 0.128 e. The van der Waals surface area contributed by atoms with Crippen LogP contribution in [0.4, 0.5) is 4.39 Å². The molecule has 0 spiro atoms. The molecule has 0 saturated carbocycles. The summed E-state index contributed by atoms with van der Waals surface area (Å²) in [6.45, 7) is 11.7. The Bertz CT molecular complexity index is 385. The van der Waals surface area contributed by atoms with Gasteiger partial charge in [-0.25, -0.2) is 4.39 Å².